The number of anilines is 2. The summed E-state index contributed by atoms with van der Waals surface area (Å²) in [6.07, 6.45) is 6.74. The second kappa shape index (κ2) is 7.49. The third-order valence-corrected chi connectivity index (χ3v) is 7.57. The molecule has 1 spiro atoms. The summed E-state index contributed by atoms with van der Waals surface area (Å²) in [5.74, 6) is -0.114. The zero-order valence-corrected chi connectivity index (χ0v) is 20.6. The van der Waals surface area contributed by atoms with Gasteiger partial charge in [0.2, 0.25) is 0 Å². The number of halogens is 1. The number of hydrogen-bond donors (Lipinski definition) is 0. The molecule has 2 aromatic heterocycles. The summed E-state index contributed by atoms with van der Waals surface area (Å²) in [6.45, 7) is 8.98. The van der Waals surface area contributed by atoms with Crippen LogP contribution in [0, 0.1) is 12.3 Å². The van der Waals surface area contributed by atoms with Gasteiger partial charge < -0.3 is 9.80 Å². The van der Waals surface area contributed by atoms with Crippen molar-refractivity contribution in [1.29, 1.82) is 0 Å². The lowest BCUT2D eigenvalue weighted by Crippen LogP contribution is -2.73. The molecule has 0 atom stereocenters. The van der Waals surface area contributed by atoms with Crippen LogP contribution in [0.2, 0.25) is 5.02 Å². The molecule has 178 valence electrons. The molecule has 35 heavy (non-hydrogen) atoms. The molecule has 3 aliphatic heterocycles. The number of likely N-dealkylation sites (tertiary alicyclic amines) is 1. The van der Waals surface area contributed by atoms with Crippen molar-refractivity contribution in [1.82, 2.24) is 19.9 Å². The zero-order chi connectivity index (χ0) is 24.5. The first kappa shape index (κ1) is 22.0. The van der Waals surface area contributed by atoms with Gasteiger partial charge in [-0.1, -0.05) is 11.6 Å². The van der Waals surface area contributed by atoms with E-state index in [-0.39, 0.29) is 17.2 Å². The van der Waals surface area contributed by atoms with Crippen molar-refractivity contribution in [3.63, 3.8) is 0 Å². The fraction of sp³-hybridized carbons (Fsp3) is 0.346. The van der Waals surface area contributed by atoms with E-state index in [4.69, 9.17) is 11.6 Å². The van der Waals surface area contributed by atoms with Crippen LogP contribution in [0.3, 0.4) is 0 Å². The number of nitrogens with zero attached hydrogens (tertiary/aromatic N) is 6. The molecule has 1 aromatic carbocycles. The largest absolute Gasteiger partial charge is 0.369 e. The molecule has 8 nitrogen and oxygen atoms in total. The van der Waals surface area contributed by atoms with Gasteiger partial charge in [-0.05, 0) is 50.6 Å². The van der Waals surface area contributed by atoms with Crippen LogP contribution >= 0.6 is 11.6 Å². The van der Waals surface area contributed by atoms with Gasteiger partial charge in [-0.15, -0.1) is 0 Å². The maximum absolute atomic E-state index is 13.3. The first-order valence-electron chi connectivity index (χ1n) is 11.6. The molecule has 0 saturated carbocycles. The Labute approximate surface area is 208 Å². The van der Waals surface area contributed by atoms with Crippen molar-refractivity contribution in [3.05, 3.63) is 76.6 Å². The van der Waals surface area contributed by atoms with Crippen molar-refractivity contribution in [2.24, 2.45) is 5.41 Å². The van der Waals surface area contributed by atoms with Crippen LogP contribution < -0.4 is 9.80 Å². The monoisotopic (exact) mass is 488 g/mol. The molecule has 6 rings (SSSR count). The second-order valence-electron chi connectivity index (χ2n) is 10.4. The topological polar surface area (TPSA) is 82.5 Å². The highest BCUT2D eigenvalue weighted by atomic mass is 35.5. The molecule has 0 unspecified atom stereocenters. The van der Waals surface area contributed by atoms with Crippen molar-refractivity contribution in [2.45, 2.75) is 26.3 Å². The molecule has 0 N–H and O–H groups in total. The number of carbonyl (C=O) groups is 2. The summed E-state index contributed by atoms with van der Waals surface area (Å²) in [5.41, 5.74) is 4.01. The third kappa shape index (κ3) is 3.38. The Morgan fingerprint density at radius 3 is 2.43 bits per heavy atom. The molecular formula is C26H25ClN6O2. The smallest absolute Gasteiger partial charge is 0.274 e. The van der Waals surface area contributed by atoms with Crippen molar-refractivity contribution < 1.29 is 9.59 Å². The molecule has 3 aromatic rings. The number of aryl methyl sites for hydroxylation is 1. The van der Waals surface area contributed by atoms with E-state index in [0.29, 0.717) is 29.4 Å². The molecule has 2 fully saturated rings. The Kier molecular flexibility index (Phi) is 4.70. The Morgan fingerprint density at radius 1 is 0.971 bits per heavy atom. The Hall–Kier alpha value is -3.52. The minimum atomic E-state index is -0.540. The van der Waals surface area contributed by atoms with Crippen LogP contribution in [0.15, 0.2) is 49.1 Å². The van der Waals surface area contributed by atoms with Crippen LogP contribution in [0.4, 0.5) is 11.4 Å². The number of rotatable bonds is 3. The lowest BCUT2D eigenvalue weighted by Gasteiger charge is -2.60. The summed E-state index contributed by atoms with van der Waals surface area (Å²) in [6, 6.07) is 7.45. The molecule has 3 aliphatic rings. The highest BCUT2D eigenvalue weighted by molar-refractivity contribution is 6.31. The summed E-state index contributed by atoms with van der Waals surface area (Å²) in [4.78, 5) is 44.7. The number of fused-ring (bicyclic) bond motifs is 1. The van der Waals surface area contributed by atoms with Gasteiger partial charge in [-0.3, -0.25) is 24.5 Å². The van der Waals surface area contributed by atoms with Gasteiger partial charge in [0.05, 0.1) is 41.2 Å². The van der Waals surface area contributed by atoms with E-state index < -0.39 is 5.54 Å². The van der Waals surface area contributed by atoms with E-state index in [2.05, 4.69) is 19.9 Å². The second-order valence-corrected chi connectivity index (χ2v) is 10.8. The van der Waals surface area contributed by atoms with Gasteiger partial charge in [0.15, 0.2) is 0 Å². The van der Waals surface area contributed by atoms with E-state index >= 15 is 0 Å². The highest BCUT2D eigenvalue weighted by Gasteiger charge is 2.53. The number of carbonyl (C=O) groups excluding carboxylic acids is 2. The highest BCUT2D eigenvalue weighted by Crippen LogP contribution is 2.45. The van der Waals surface area contributed by atoms with Gasteiger partial charge in [0.25, 0.3) is 11.8 Å². The summed E-state index contributed by atoms with van der Waals surface area (Å²) >= 11 is 6.22. The van der Waals surface area contributed by atoms with Gasteiger partial charge >= 0.3 is 0 Å². The Balaban J connectivity index is 1.16. The molecule has 5 heterocycles. The Bertz CT molecular complexity index is 1380. The van der Waals surface area contributed by atoms with Crippen LogP contribution in [-0.2, 0) is 5.54 Å². The number of benzene rings is 1. The average molecular weight is 489 g/mol. The molecule has 0 bridgehead atoms. The number of pyridine rings is 1. The molecule has 0 aliphatic carbocycles. The first-order chi connectivity index (χ1) is 16.7. The Morgan fingerprint density at radius 2 is 1.69 bits per heavy atom. The van der Waals surface area contributed by atoms with E-state index in [9.17, 15) is 9.59 Å². The molecule has 0 radical (unpaired) electrons. The maximum Gasteiger partial charge on any atom is 0.274 e. The number of hydrogen-bond acceptors (Lipinski definition) is 6. The third-order valence-electron chi connectivity index (χ3n) is 7.33. The van der Waals surface area contributed by atoms with Gasteiger partial charge in [0, 0.05) is 48.4 Å². The first-order valence-corrected chi connectivity index (χ1v) is 12.0. The predicted molar refractivity (Wildman–Crippen MR) is 133 cm³/mol. The minimum absolute atomic E-state index is 0.0481. The average Bonchev–Trinajstić information content (AvgIpc) is 2.96. The SMILES string of the molecule is Cc1cncc(C(=O)N2CC3(C2)CN(c2cncc(N4C(=O)c5ccc(Cl)cc5C4(C)C)c2)C3)n1. The van der Waals surface area contributed by atoms with Crippen LogP contribution in [-0.4, -0.2) is 57.8 Å². The van der Waals surface area contributed by atoms with Gasteiger partial charge in [-0.2, -0.15) is 0 Å². The maximum atomic E-state index is 13.3. The van der Waals surface area contributed by atoms with E-state index in [1.54, 1.807) is 29.4 Å². The van der Waals surface area contributed by atoms with E-state index in [0.717, 1.165) is 35.7 Å². The summed E-state index contributed by atoms with van der Waals surface area (Å²) in [7, 11) is 0. The van der Waals surface area contributed by atoms with Crippen molar-refractivity contribution >= 4 is 34.8 Å². The van der Waals surface area contributed by atoms with Crippen LogP contribution in [0.5, 0.6) is 0 Å². The lowest BCUT2D eigenvalue weighted by atomic mass is 9.72. The number of amides is 2. The van der Waals surface area contributed by atoms with Gasteiger partial charge in [-0.25, -0.2) is 4.98 Å². The predicted octanol–water partition coefficient (Wildman–Crippen LogP) is 3.69. The fourth-order valence-corrected chi connectivity index (χ4v) is 5.81. The molecule has 2 amide bonds. The van der Waals surface area contributed by atoms with E-state index in [1.807, 2.05) is 44.0 Å². The van der Waals surface area contributed by atoms with Gasteiger partial charge in [0.1, 0.15) is 5.69 Å². The standard InChI is InChI=1S/C26H25ClN6O2/c1-16-8-28-11-22(30-16)24(35)32-14-26(15-32)12-31(13-26)18-7-19(10-29-9-18)33-23(34)20-5-4-17(27)6-21(20)25(33,2)3/h4-11H,12-15H2,1-3H3. The lowest BCUT2D eigenvalue weighted by molar-refractivity contribution is -0.0109. The van der Waals surface area contributed by atoms with Crippen molar-refractivity contribution in [2.75, 3.05) is 36.0 Å². The fourth-order valence-electron chi connectivity index (χ4n) is 5.64. The zero-order valence-electron chi connectivity index (χ0n) is 19.8. The van der Waals surface area contributed by atoms with Crippen LogP contribution in [0.1, 0.15) is 46.0 Å². The van der Waals surface area contributed by atoms with E-state index in [1.165, 1.54) is 6.20 Å². The number of aromatic nitrogens is 3. The normalized spacial score (nSPS) is 19.4. The summed E-state index contributed by atoms with van der Waals surface area (Å²) < 4.78 is 0. The quantitative estimate of drug-likeness (QED) is 0.559. The van der Waals surface area contributed by atoms with Crippen LogP contribution in [0.25, 0.3) is 0 Å². The molecule has 9 heteroatoms. The van der Waals surface area contributed by atoms with Crippen molar-refractivity contribution in [3.8, 4) is 0 Å². The summed E-state index contributed by atoms with van der Waals surface area (Å²) in [5, 5.41) is 0.617. The molecular weight excluding hydrogens is 464 g/mol. The minimum Gasteiger partial charge on any atom is -0.369 e. The molecule has 2 saturated heterocycles.